The predicted molar refractivity (Wildman–Crippen MR) is 97.4 cm³/mol. The van der Waals surface area contributed by atoms with E-state index in [1.54, 1.807) is 19.2 Å². The Balaban J connectivity index is 1.40. The van der Waals surface area contributed by atoms with E-state index in [-0.39, 0.29) is 11.7 Å². The van der Waals surface area contributed by atoms with Crippen LogP contribution in [-0.4, -0.2) is 76.1 Å². The van der Waals surface area contributed by atoms with E-state index in [0.29, 0.717) is 30.5 Å². The highest BCUT2D eigenvalue weighted by Gasteiger charge is 2.28. The summed E-state index contributed by atoms with van der Waals surface area (Å²) in [7, 11) is 0. The summed E-state index contributed by atoms with van der Waals surface area (Å²) in [4.78, 5) is 17.1. The largest absolute Gasteiger partial charge is 0.381 e. The Morgan fingerprint density at radius 3 is 2.63 bits per heavy atom. The van der Waals surface area contributed by atoms with Crippen LogP contribution in [0.1, 0.15) is 28.9 Å². The molecule has 0 unspecified atom stereocenters. The molecule has 0 N–H and O–H groups in total. The van der Waals surface area contributed by atoms with Gasteiger partial charge in [0, 0.05) is 45.4 Å². The van der Waals surface area contributed by atoms with Crippen molar-refractivity contribution in [2.45, 2.75) is 25.8 Å². The van der Waals surface area contributed by atoms with Gasteiger partial charge in [-0.1, -0.05) is 5.21 Å². The number of carbonyl (C=O) groups is 1. The molecule has 144 valence electrons. The third kappa shape index (κ3) is 3.86. The van der Waals surface area contributed by atoms with Gasteiger partial charge in [0.2, 0.25) is 0 Å². The van der Waals surface area contributed by atoms with E-state index < -0.39 is 0 Å². The fraction of sp³-hybridized carbons (Fsp3) is 0.526. The Hall–Kier alpha value is -2.32. The van der Waals surface area contributed by atoms with Crippen molar-refractivity contribution in [1.29, 1.82) is 0 Å². The van der Waals surface area contributed by atoms with Crippen LogP contribution in [0, 0.1) is 12.7 Å². The highest BCUT2D eigenvalue weighted by Crippen LogP contribution is 2.18. The van der Waals surface area contributed by atoms with Gasteiger partial charge in [-0.2, -0.15) is 0 Å². The number of benzene rings is 1. The first-order chi connectivity index (χ1) is 13.1. The highest BCUT2D eigenvalue weighted by molar-refractivity contribution is 5.92. The molecule has 1 aromatic carbocycles. The highest BCUT2D eigenvalue weighted by atomic mass is 19.1. The van der Waals surface area contributed by atoms with Crippen LogP contribution in [0.15, 0.2) is 24.4 Å². The maximum Gasteiger partial charge on any atom is 0.276 e. The quantitative estimate of drug-likeness (QED) is 0.819. The molecule has 2 saturated heterocycles. The molecule has 4 rings (SSSR count). The van der Waals surface area contributed by atoms with E-state index in [1.165, 1.54) is 16.8 Å². The van der Waals surface area contributed by atoms with Gasteiger partial charge in [-0.3, -0.25) is 9.69 Å². The van der Waals surface area contributed by atoms with Crippen LogP contribution in [0.3, 0.4) is 0 Å². The zero-order chi connectivity index (χ0) is 18.8. The minimum Gasteiger partial charge on any atom is -0.381 e. The molecule has 2 aliphatic heterocycles. The topological polar surface area (TPSA) is 63.5 Å². The van der Waals surface area contributed by atoms with Gasteiger partial charge >= 0.3 is 0 Å². The van der Waals surface area contributed by atoms with Crippen LogP contribution in [0.5, 0.6) is 0 Å². The number of aromatic nitrogens is 3. The van der Waals surface area contributed by atoms with Crippen molar-refractivity contribution < 1.29 is 13.9 Å². The summed E-state index contributed by atoms with van der Waals surface area (Å²) in [5.74, 6) is -0.400. The number of hydrogen-bond donors (Lipinski definition) is 0. The van der Waals surface area contributed by atoms with E-state index in [0.717, 1.165) is 44.7 Å². The lowest BCUT2D eigenvalue weighted by Crippen LogP contribution is -2.53. The van der Waals surface area contributed by atoms with E-state index in [2.05, 4.69) is 15.2 Å². The van der Waals surface area contributed by atoms with E-state index in [4.69, 9.17) is 4.74 Å². The standard InChI is InChI=1S/C19H24FN5O2/c1-14-12-15(20)2-3-18(14)25-13-17(21-22-25)19(26)24-8-6-23(7-9-24)16-4-10-27-11-5-16/h2-3,12-13,16H,4-11H2,1H3. The first kappa shape index (κ1) is 18.1. The number of rotatable bonds is 3. The van der Waals surface area contributed by atoms with Crippen LogP contribution >= 0.6 is 0 Å². The van der Waals surface area contributed by atoms with Gasteiger partial charge in [0.15, 0.2) is 5.69 Å². The summed E-state index contributed by atoms with van der Waals surface area (Å²) < 4.78 is 20.2. The summed E-state index contributed by atoms with van der Waals surface area (Å²) in [6.45, 7) is 6.60. The van der Waals surface area contributed by atoms with Crippen LogP contribution in [0.2, 0.25) is 0 Å². The number of amides is 1. The average molecular weight is 373 g/mol. The lowest BCUT2D eigenvalue weighted by molar-refractivity contribution is 0.0136. The molecule has 8 heteroatoms. The zero-order valence-electron chi connectivity index (χ0n) is 15.5. The van der Waals surface area contributed by atoms with Crippen molar-refractivity contribution in [3.63, 3.8) is 0 Å². The number of nitrogens with zero attached hydrogens (tertiary/aromatic N) is 5. The van der Waals surface area contributed by atoms with E-state index in [9.17, 15) is 9.18 Å². The number of aryl methyl sites for hydroxylation is 1. The Morgan fingerprint density at radius 2 is 1.93 bits per heavy atom. The smallest absolute Gasteiger partial charge is 0.276 e. The molecule has 0 radical (unpaired) electrons. The van der Waals surface area contributed by atoms with Crippen molar-refractivity contribution >= 4 is 5.91 Å². The first-order valence-corrected chi connectivity index (χ1v) is 9.42. The molecule has 2 aromatic rings. The molecule has 0 atom stereocenters. The second-order valence-electron chi connectivity index (χ2n) is 7.15. The second kappa shape index (κ2) is 7.74. The molecule has 3 heterocycles. The number of carbonyl (C=O) groups excluding carboxylic acids is 1. The predicted octanol–water partition coefficient (Wildman–Crippen LogP) is 1.65. The molecule has 2 aliphatic rings. The zero-order valence-corrected chi connectivity index (χ0v) is 15.5. The van der Waals surface area contributed by atoms with E-state index in [1.807, 2.05) is 4.90 Å². The number of halogens is 1. The monoisotopic (exact) mass is 373 g/mol. The number of ether oxygens (including phenoxy) is 1. The van der Waals surface area contributed by atoms with Gasteiger partial charge in [-0.15, -0.1) is 5.10 Å². The third-order valence-corrected chi connectivity index (χ3v) is 5.43. The molecule has 7 nitrogen and oxygen atoms in total. The van der Waals surface area contributed by atoms with Crippen molar-refractivity contribution in [3.05, 3.63) is 41.5 Å². The molecule has 2 fully saturated rings. The van der Waals surface area contributed by atoms with Crippen LogP contribution in [-0.2, 0) is 4.74 Å². The fourth-order valence-electron chi connectivity index (χ4n) is 3.86. The fourth-order valence-corrected chi connectivity index (χ4v) is 3.86. The van der Waals surface area contributed by atoms with Crippen LogP contribution < -0.4 is 0 Å². The Bertz CT molecular complexity index is 810. The normalized spacial score (nSPS) is 19.4. The van der Waals surface area contributed by atoms with Crippen LogP contribution in [0.4, 0.5) is 4.39 Å². The Morgan fingerprint density at radius 1 is 1.19 bits per heavy atom. The van der Waals surface area contributed by atoms with E-state index >= 15 is 0 Å². The minimum atomic E-state index is -0.296. The van der Waals surface area contributed by atoms with Crippen LogP contribution in [0.25, 0.3) is 5.69 Å². The molecular formula is C19H24FN5O2. The van der Waals surface area contributed by atoms with Crippen molar-refractivity contribution in [1.82, 2.24) is 24.8 Å². The lowest BCUT2D eigenvalue weighted by Gasteiger charge is -2.40. The average Bonchev–Trinajstić information content (AvgIpc) is 3.18. The maximum atomic E-state index is 13.3. The summed E-state index contributed by atoms with van der Waals surface area (Å²) >= 11 is 0. The molecule has 0 spiro atoms. The lowest BCUT2D eigenvalue weighted by atomic mass is 10.1. The molecule has 0 saturated carbocycles. The molecule has 1 aromatic heterocycles. The molecule has 1 amide bonds. The Labute approximate surface area is 157 Å². The molecule has 27 heavy (non-hydrogen) atoms. The van der Waals surface area contributed by atoms with Gasteiger partial charge in [0.25, 0.3) is 5.91 Å². The summed E-state index contributed by atoms with van der Waals surface area (Å²) in [5, 5.41) is 8.09. The van der Waals surface area contributed by atoms with Crippen molar-refractivity contribution in [3.8, 4) is 5.69 Å². The summed E-state index contributed by atoms with van der Waals surface area (Å²) in [6, 6.07) is 5.02. The third-order valence-electron chi connectivity index (χ3n) is 5.43. The van der Waals surface area contributed by atoms with Gasteiger partial charge in [0.1, 0.15) is 5.82 Å². The van der Waals surface area contributed by atoms with Crippen molar-refractivity contribution in [2.24, 2.45) is 0 Å². The SMILES string of the molecule is Cc1cc(F)ccc1-n1cc(C(=O)N2CCN(C3CCOCC3)CC2)nn1. The summed E-state index contributed by atoms with van der Waals surface area (Å²) in [6.07, 6.45) is 3.76. The first-order valence-electron chi connectivity index (χ1n) is 9.42. The summed E-state index contributed by atoms with van der Waals surface area (Å²) in [5.41, 5.74) is 1.77. The second-order valence-corrected chi connectivity index (χ2v) is 7.15. The Kier molecular flexibility index (Phi) is 5.18. The van der Waals surface area contributed by atoms with Gasteiger partial charge in [0.05, 0.1) is 11.9 Å². The van der Waals surface area contributed by atoms with Crippen molar-refractivity contribution in [2.75, 3.05) is 39.4 Å². The minimum absolute atomic E-state index is 0.104. The number of hydrogen-bond acceptors (Lipinski definition) is 5. The molecule has 0 bridgehead atoms. The molecule has 0 aliphatic carbocycles. The van der Waals surface area contributed by atoms with Gasteiger partial charge in [-0.05, 0) is 43.5 Å². The van der Waals surface area contributed by atoms with Gasteiger partial charge in [-0.25, -0.2) is 9.07 Å². The van der Waals surface area contributed by atoms with Gasteiger partial charge < -0.3 is 9.64 Å². The molecular weight excluding hydrogens is 349 g/mol. The maximum absolute atomic E-state index is 13.3. The number of piperazine rings is 1.